The molecule has 0 bridgehead atoms. The summed E-state index contributed by atoms with van der Waals surface area (Å²) in [7, 11) is 0. The zero-order valence-corrected chi connectivity index (χ0v) is 22.7. The molecule has 0 saturated carbocycles. The molecule has 0 nitrogen and oxygen atoms in total. The maximum absolute atomic E-state index is 15.2. The molecule has 0 spiro atoms. The van der Waals surface area contributed by atoms with Gasteiger partial charge in [0, 0.05) is 11.1 Å². The highest BCUT2D eigenvalue weighted by molar-refractivity contribution is 5.74. The third-order valence-corrected chi connectivity index (χ3v) is 7.81. The quantitative estimate of drug-likeness (QED) is 0.176. The van der Waals surface area contributed by atoms with Crippen LogP contribution in [0.2, 0.25) is 0 Å². The summed E-state index contributed by atoms with van der Waals surface area (Å²) < 4.78 is 44.8. The van der Waals surface area contributed by atoms with E-state index in [1.165, 1.54) is 12.0 Å². The first-order chi connectivity index (χ1) is 18.5. The van der Waals surface area contributed by atoms with E-state index in [0.717, 1.165) is 56.9 Å². The molecule has 3 aromatic rings. The van der Waals surface area contributed by atoms with Crippen molar-refractivity contribution < 1.29 is 13.2 Å². The number of unbranched alkanes of at least 4 members (excludes halogenated alkanes) is 3. The van der Waals surface area contributed by atoms with Crippen molar-refractivity contribution >= 4 is 5.57 Å². The van der Waals surface area contributed by atoms with Crippen LogP contribution < -0.4 is 0 Å². The van der Waals surface area contributed by atoms with Crippen molar-refractivity contribution in [1.29, 1.82) is 0 Å². The van der Waals surface area contributed by atoms with E-state index in [4.69, 9.17) is 0 Å². The van der Waals surface area contributed by atoms with Crippen LogP contribution >= 0.6 is 0 Å². The summed E-state index contributed by atoms with van der Waals surface area (Å²) in [5.74, 6) is -1.13. The van der Waals surface area contributed by atoms with E-state index in [2.05, 4.69) is 32.1 Å². The van der Waals surface area contributed by atoms with Crippen LogP contribution in [0.4, 0.5) is 13.2 Å². The minimum Gasteiger partial charge on any atom is -0.206 e. The summed E-state index contributed by atoms with van der Waals surface area (Å²) in [6, 6.07) is 15.8. The zero-order chi connectivity index (χ0) is 26.9. The van der Waals surface area contributed by atoms with Crippen molar-refractivity contribution in [3.05, 3.63) is 101 Å². The van der Waals surface area contributed by atoms with Gasteiger partial charge in [-0.1, -0.05) is 92.9 Å². The molecule has 0 N–H and O–H groups in total. The van der Waals surface area contributed by atoms with Crippen LogP contribution in [0.5, 0.6) is 0 Å². The van der Waals surface area contributed by atoms with Gasteiger partial charge >= 0.3 is 0 Å². The fourth-order valence-corrected chi connectivity index (χ4v) is 5.44. The second kappa shape index (κ2) is 13.6. The average Bonchev–Trinajstić information content (AvgIpc) is 2.94. The summed E-state index contributed by atoms with van der Waals surface area (Å²) in [5.41, 5.74) is 4.63. The number of rotatable bonds is 11. The summed E-state index contributed by atoms with van der Waals surface area (Å²) >= 11 is 0. The maximum Gasteiger partial charge on any atom is 0.166 e. The van der Waals surface area contributed by atoms with Gasteiger partial charge in [0.05, 0.1) is 0 Å². The highest BCUT2D eigenvalue weighted by atomic mass is 19.2. The largest absolute Gasteiger partial charge is 0.206 e. The Bertz CT molecular complexity index is 1270. The molecular formula is C35H39F3. The Morgan fingerprint density at radius 2 is 1.53 bits per heavy atom. The fraction of sp³-hybridized carbons (Fsp3) is 0.371. The number of allylic oxidation sites excluding steroid dienone is 4. The highest BCUT2D eigenvalue weighted by Gasteiger charge is 2.17. The van der Waals surface area contributed by atoms with Crippen LogP contribution in [0, 0.1) is 23.4 Å². The lowest BCUT2D eigenvalue weighted by molar-refractivity contribution is 0.454. The molecule has 0 fully saturated rings. The molecule has 0 heterocycles. The van der Waals surface area contributed by atoms with Crippen molar-refractivity contribution in [2.24, 2.45) is 5.92 Å². The van der Waals surface area contributed by atoms with E-state index in [-0.39, 0.29) is 11.4 Å². The summed E-state index contributed by atoms with van der Waals surface area (Å²) in [6.07, 6.45) is 16.7. The average molecular weight is 517 g/mol. The Labute approximate surface area is 226 Å². The van der Waals surface area contributed by atoms with Gasteiger partial charge in [0.1, 0.15) is 5.82 Å². The van der Waals surface area contributed by atoms with Gasteiger partial charge in [-0.25, -0.2) is 13.2 Å². The van der Waals surface area contributed by atoms with E-state index in [1.54, 1.807) is 42.5 Å². The van der Waals surface area contributed by atoms with Gasteiger partial charge in [0.25, 0.3) is 0 Å². The smallest absolute Gasteiger partial charge is 0.166 e. The van der Waals surface area contributed by atoms with Crippen molar-refractivity contribution in [3.63, 3.8) is 0 Å². The Morgan fingerprint density at radius 1 is 0.816 bits per heavy atom. The normalized spacial score (nSPS) is 15.7. The second-order valence-corrected chi connectivity index (χ2v) is 10.5. The number of halogens is 3. The topological polar surface area (TPSA) is 0 Å². The minimum absolute atomic E-state index is 0.232. The predicted molar refractivity (Wildman–Crippen MR) is 154 cm³/mol. The molecule has 4 rings (SSSR count). The monoisotopic (exact) mass is 516 g/mol. The predicted octanol–water partition coefficient (Wildman–Crippen LogP) is 11.1. The minimum atomic E-state index is -0.814. The molecule has 3 aromatic carbocycles. The Morgan fingerprint density at radius 3 is 2.18 bits per heavy atom. The molecule has 38 heavy (non-hydrogen) atoms. The number of benzene rings is 3. The van der Waals surface area contributed by atoms with Crippen molar-refractivity contribution in [1.82, 2.24) is 0 Å². The van der Waals surface area contributed by atoms with Crippen LogP contribution in [-0.2, 0) is 6.42 Å². The lowest BCUT2D eigenvalue weighted by Gasteiger charge is -2.22. The van der Waals surface area contributed by atoms with Crippen molar-refractivity contribution in [3.8, 4) is 22.3 Å². The Hall–Kier alpha value is -3.07. The standard InChI is InChI=1S/C35H39F3/c1-3-5-7-9-11-29-20-23-32(35(38)34(29)37)28-18-16-27(17-19-28)31-22-21-30(24-33(31)36)26-14-12-25(13-15-26)10-8-6-4-2/h4,6,14,16-25H,3,5,7-13,15H2,1-2H3/b6-4+. The molecule has 0 aliphatic heterocycles. The first-order valence-electron chi connectivity index (χ1n) is 14.2. The van der Waals surface area contributed by atoms with Gasteiger partial charge in [-0.05, 0) is 91.7 Å². The van der Waals surface area contributed by atoms with E-state index >= 15 is 4.39 Å². The van der Waals surface area contributed by atoms with Gasteiger partial charge < -0.3 is 0 Å². The molecule has 0 aromatic heterocycles. The molecular weight excluding hydrogens is 477 g/mol. The van der Waals surface area contributed by atoms with Crippen LogP contribution in [0.1, 0.15) is 82.8 Å². The molecule has 0 radical (unpaired) electrons. The van der Waals surface area contributed by atoms with E-state index in [9.17, 15) is 8.78 Å². The van der Waals surface area contributed by atoms with E-state index in [0.29, 0.717) is 34.6 Å². The molecule has 3 heteroatoms. The fourth-order valence-electron chi connectivity index (χ4n) is 5.44. The zero-order valence-electron chi connectivity index (χ0n) is 22.7. The number of aryl methyl sites for hydroxylation is 1. The summed E-state index contributed by atoms with van der Waals surface area (Å²) in [4.78, 5) is 0. The van der Waals surface area contributed by atoms with Gasteiger partial charge in [0.2, 0.25) is 0 Å². The van der Waals surface area contributed by atoms with Crippen LogP contribution in [0.25, 0.3) is 27.8 Å². The lowest BCUT2D eigenvalue weighted by atomic mass is 9.84. The molecule has 1 aliphatic carbocycles. The van der Waals surface area contributed by atoms with Gasteiger partial charge in [0.15, 0.2) is 11.6 Å². The van der Waals surface area contributed by atoms with Crippen molar-refractivity contribution in [2.75, 3.05) is 0 Å². The Balaban J connectivity index is 1.45. The highest BCUT2D eigenvalue weighted by Crippen LogP contribution is 2.35. The second-order valence-electron chi connectivity index (χ2n) is 10.5. The van der Waals surface area contributed by atoms with Gasteiger partial charge in [-0.2, -0.15) is 0 Å². The summed E-state index contributed by atoms with van der Waals surface area (Å²) in [5, 5.41) is 0. The van der Waals surface area contributed by atoms with Crippen LogP contribution in [0.15, 0.2) is 72.8 Å². The van der Waals surface area contributed by atoms with Crippen LogP contribution in [-0.4, -0.2) is 0 Å². The number of hydrogen-bond donors (Lipinski definition) is 0. The lowest BCUT2D eigenvalue weighted by Crippen LogP contribution is -2.05. The Kier molecular flexibility index (Phi) is 10.0. The van der Waals surface area contributed by atoms with Gasteiger partial charge in [-0.15, -0.1) is 0 Å². The molecule has 1 atom stereocenters. The SMILES string of the molecule is C/C=C/CCC1CC=C(c2ccc(-c3ccc(-c4ccc(CCCCCC)c(F)c4F)cc3)c(F)c2)CC1. The molecule has 1 aliphatic rings. The van der Waals surface area contributed by atoms with E-state index in [1.807, 2.05) is 12.1 Å². The van der Waals surface area contributed by atoms with Gasteiger partial charge in [-0.3, -0.25) is 0 Å². The first-order valence-corrected chi connectivity index (χ1v) is 14.2. The van der Waals surface area contributed by atoms with Crippen molar-refractivity contribution in [2.45, 2.75) is 78.1 Å². The molecule has 0 amide bonds. The third-order valence-electron chi connectivity index (χ3n) is 7.81. The number of hydrogen-bond acceptors (Lipinski definition) is 0. The molecule has 0 saturated heterocycles. The third kappa shape index (κ3) is 6.87. The first kappa shape index (κ1) is 28.0. The molecule has 1 unspecified atom stereocenters. The molecule has 200 valence electrons. The maximum atomic E-state index is 15.2. The summed E-state index contributed by atoms with van der Waals surface area (Å²) in [6.45, 7) is 4.18. The van der Waals surface area contributed by atoms with Crippen LogP contribution in [0.3, 0.4) is 0 Å². The van der Waals surface area contributed by atoms with E-state index < -0.39 is 11.6 Å².